The van der Waals surface area contributed by atoms with Gasteiger partial charge >= 0.3 is 6.09 Å². The first kappa shape index (κ1) is 14.8. The van der Waals surface area contributed by atoms with E-state index >= 15 is 0 Å². The molecule has 1 amide bonds. The molecule has 19 heavy (non-hydrogen) atoms. The largest absolute Gasteiger partial charge is 0.444 e. The number of nitro groups is 1. The maximum absolute atomic E-state index is 13.1. The molecule has 1 rings (SSSR count). The molecular formula is C11H13FN2O5. The molecule has 0 aliphatic carbocycles. The number of non-ortho nitro benzene ring substituents is 1. The molecule has 1 aromatic rings. The predicted octanol–water partition coefficient (Wildman–Crippen LogP) is 1.73. The third-order valence-corrected chi connectivity index (χ3v) is 2.09. The molecule has 0 radical (unpaired) electrons. The molecule has 0 bridgehead atoms. The number of nitrogens with zero attached hydrogens (tertiary/aromatic N) is 1. The fourth-order valence-electron chi connectivity index (χ4n) is 1.40. The summed E-state index contributed by atoms with van der Waals surface area (Å²) in [6.45, 7) is 1.58. The summed E-state index contributed by atoms with van der Waals surface area (Å²) in [6, 6.07) is 3.16. The van der Waals surface area contributed by atoms with Crippen molar-refractivity contribution in [3.8, 4) is 0 Å². The van der Waals surface area contributed by atoms with E-state index in [1.165, 1.54) is 6.07 Å². The first-order chi connectivity index (χ1) is 8.88. The Labute approximate surface area is 108 Å². The van der Waals surface area contributed by atoms with E-state index in [2.05, 4.69) is 4.74 Å². The SMILES string of the molecule is C[C@H](COCc1cc(F)cc([N+](=O)[O-])c1)OC(N)=O. The molecule has 0 aliphatic rings. The van der Waals surface area contributed by atoms with Crippen LogP contribution >= 0.6 is 0 Å². The second kappa shape index (κ2) is 6.64. The molecule has 0 spiro atoms. The zero-order chi connectivity index (χ0) is 14.4. The minimum Gasteiger partial charge on any atom is -0.444 e. The number of hydrogen-bond acceptors (Lipinski definition) is 5. The first-order valence-electron chi connectivity index (χ1n) is 5.36. The van der Waals surface area contributed by atoms with E-state index in [0.29, 0.717) is 5.56 Å². The van der Waals surface area contributed by atoms with Gasteiger partial charge in [-0.15, -0.1) is 0 Å². The van der Waals surface area contributed by atoms with Gasteiger partial charge in [0.15, 0.2) is 0 Å². The van der Waals surface area contributed by atoms with E-state index in [9.17, 15) is 19.3 Å². The van der Waals surface area contributed by atoms with Crippen LogP contribution in [-0.2, 0) is 16.1 Å². The lowest BCUT2D eigenvalue weighted by atomic mass is 10.2. The first-order valence-corrected chi connectivity index (χ1v) is 5.36. The van der Waals surface area contributed by atoms with Crippen LogP contribution in [0.4, 0.5) is 14.9 Å². The van der Waals surface area contributed by atoms with Gasteiger partial charge in [-0.05, 0) is 18.6 Å². The van der Waals surface area contributed by atoms with Crippen molar-refractivity contribution < 1.29 is 23.6 Å². The van der Waals surface area contributed by atoms with Crippen molar-refractivity contribution in [2.75, 3.05) is 6.61 Å². The Morgan fingerprint density at radius 1 is 1.53 bits per heavy atom. The summed E-state index contributed by atoms with van der Waals surface area (Å²) in [6.07, 6.45) is -1.47. The quantitative estimate of drug-likeness (QED) is 0.627. The van der Waals surface area contributed by atoms with Gasteiger partial charge in [0.1, 0.15) is 11.9 Å². The molecule has 0 saturated heterocycles. The van der Waals surface area contributed by atoms with Crippen molar-refractivity contribution in [2.24, 2.45) is 5.73 Å². The Kier molecular flexibility index (Phi) is 5.19. The Morgan fingerprint density at radius 3 is 2.79 bits per heavy atom. The fraction of sp³-hybridized carbons (Fsp3) is 0.364. The van der Waals surface area contributed by atoms with Gasteiger partial charge < -0.3 is 15.2 Å². The van der Waals surface area contributed by atoms with Crippen molar-refractivity contribution in [2.45, 2.75) is 19.6 Å². The predicted molar refractivity (Wildman–Crippen MR) is 62.8 cm³/mol. The molecular weight excluding hydrogens is 259 g/mol. The van der Waals surface area contributed by atoms with E-state index in [4.69, 9.17) is 10.5 Å². The van der Waals surface area contributed by atoms with E-state index in [0.717, 1.165) is 12.1 Å². The number of nitrogens with two attached hydrogens (primary N) is 1. The minimum absolute atomic E-state index is 0.0366. The van der Waals surface area contributed by atoms with Crippen LogP contribution in [0, 0.1) is 15.9 Å². The number of halogens is 1. The van der Waals surface area contributed by atoms with E-state index < -0.39 is 22.9 Å². The molecule has 0 unspecified atom stereocenters. The molecule has 1 aromatic carbocycles. The van der Waals surface area contributed by atoms with Crippen LogP contribution in [0.15, 0.2) is 18.2 Å². The van der Waals surface area contributed by atoms with Gasteiger partial charge in [0.05, 0.1) is 24.2 Å². The van der Waals surface area contributed by atoms with Crippen LogP contribution in [-0.4, -0.2) is 23.7 Å². The molecule has 1 atom stereocenters. The highest BCUT2D eigenvalue weighted by Gasteiger charge is 2.11. The fourth-order valence-corrected chi connectivity index (χ4v) is 1.40. The molecule has 2 N–H and O–H groups in total. The number of hydrogen-bond donors (Lipinski definition) is 1. The van der Waals surface area contributed by atoms with Crippen LogP contribution in [0.25, 0.3) is 0 Å². The van der Waals surface area contributed by atoms with Crippen LogP contribution < -0.4 is 5.73 Å². The Bertz CT molecular complexity index is 480. The summed E-state index contributed by atoms with van der Waals surface area (Å²) in [7, 11) is 0. The standard InChI is InChI=1S/C11H13FN2O5/c1-7(19-11(13)15)5-18-6-8-2-9(12)4-10(3-8)14(16)17/h2-4,7H,5-6H2,1H3,(H2,13,15)/t7-/m1/s1. The summed E-state index contributed by atoms with van der Waals surface area (Å²) in [5.74, 6) is -0.714. The molecule has 8 heteroatoms. The lowest BCUT2D eigenvalue weighted by Gasteiger charge is -2.11. The van der Waals surface area contributed by atoms with Crippen LogP contribution in [0.5, 0.6) is 0 Å². The second-order valence-electron chi connectivity index (χ2n) is 3.84. The number of carbonyl (C=O) groups is 1. The molecule has 0 saturated carbocycles. The average molecular weight is 272 g/mol. The summed E-state index contributed by atoms with van der Waals surface area (Å²) < 4.78 is 22.9. The van der Waals surface area contributed by atoms with Crippen molar-refractivity contribution >= 4 is 11.8 Å². The maximum atomic E-state index is 13.1. The highest BCUT2D eigenvalue weighted by molar-refractivity contribution is 5.64. The maximum Gasteiger partial charge on any atom is 0.404 e. The summed E-state index contributed by atoms with van der Waals surface area (Å²) >= 11 is 0. The summed E-state index contributed by atoms with van der Waals surface area (Å²) in [5.41, 5.74) is 4.78. The van der Waals surface area contributed by atoms with Gasteiger partial charge in [0, 0.05) is 6.07 Å². The highest BCUT2D eigenvalue weighted by Crippen LogP contribution is 2.17. The van der Waals surface area contributed by atoms with Crippen molar-refractivity contribution in [3.05, 3.63) is 39.7 Å². The molecule has 0 aliphatic heterocycles. The van der Waals surface area contributed by atoms with Crippen LogP contribution in [0.3, 0.4) is 0 Å². The second-order valence-corrected chi connectivity index (χ2v) is 3.84. The number of ether oxygens (including phenoxy) is 2. The lowest BCUT2D eigenvalue weighted by molar-refractivity contribution is -0.385. The van der Waals surface area contributed by atoms with Crippen molar-refractivity contribution in [1.82, 2.24) is 0 Å². The number of primary amides is 1. The summed E-state index contributed by atoms with van der Waals surface area (Å²) in [5, 5.41) is 10.5. The van der Waals surface area contributed by atoms with Crippen molar-refractivity contribution in [3.63, 3.8) is 0 Å². The van der Waals surface area contributed by atoms with Crippen molar-refractivity contribution in [1.29, 1.82) is 0 Å². The normalized spacial score (nSPS) is 11.9. The van der Waals surface area contributed by atoms with E-state index in [1.807, 2.05) is 0 Å². The Morgan fingerprint density at radius 2 is 2.21 bits per heavy atom. The van der Waals surface area contributed by atoms with Crippen LogP contribution in [0.2, 0.25) is 0 Å². The van der Waals surface area contributed by atoms with Gasteiger partial charge in [0.2, 0.25) is 0 Å². The zero-order valence-electron chi connectivity index (χ0n) is 10.2. The molecule has 0 fully saturated rings. The molecule has 104 valence electrons. The minimum atomic E-state index is -0.919. The highest BCUT2D eigenvalue weighted by atomic mass is 19.1. The van der Waals surface area contributed by atoms with E-state index in [1.54, 1.807) is 6.92 Å². The third-order valence-electron chi connectivity index (χ3n) is 2.09. The number of benzene rings is 1. The Balaban J connectivity index is 2.53. The third kappa shape index (κ3) is 5.30. The number of nitro benzene ring substituents is 1. The summed E-state index contributed by atoms with van der Waals surface area (Å²) in [4.78, 5) is 20.3. The average Bonchev–Trinajstić information content (AvgIpc) is 2.27. The van der Waals surface area contributed by atoms with Gasteiger partial charge in [-0.25, -0.2) is 9.18 Å². The molecule has 0 aromatic heterocycles. The zero-order valence-corrected chi connectivity index (χ0v) is 10.2. The van der Waals surface area contributed by atoms with Crippen LogP contribution in [0.1, 0.15) is 12.5 Å². The number of amides is 1. The smallest absolute Gasteiger partial charge is 0.404 e. The molecule has 7 nitrogen and oxygen atoms in total. The number of carbonyl (C=O) groups excluding carboxylic acids is 1. The lowest BCUT2D eigenvalue weighted by Crippen LogP contribution is -2.24. The van der Waals surface area contributed by atoms with Gasteiger partial charge in [-0.1, -0.05) is 0 Å². The molecule has 0 heterocycles. The topological polar surface area (TPSA) is 105 Å². The Hall–Kier alpha value is -2.22. The van der Waals surface area contributed by atoms with Gasteiger partial charge in [-0.2, -0.15) is 0 Å². The number of rotatable bonds is 6. The van der Waals surface area contributed by atoms with Gasteiger partial charge in [-0.3, -0.25) is 10.1 Å². The van der Waals surface area contributed by atoms with Gasteiger partial charge in [0.25, 0.3) is 5.69 Å². The van der Waals surface area contributed by atoms with E-state index in [-0.39, 0.29) is 18.9 Å². The monoisotopic (exact) mass is 272 g/mol.